The molecular formula is C22H20ClN3O5S. The fraction of sp³-hybridized carbons (Fsp3) is 0.0909. The Morgan fingerprint density at radius 3 is 2.34 bits per heavy atom. The predicted octanol–water partition coefficient (Wildman–Crippen LogP) is 3.92. The number of amides is 1. The molecule has 0 fully saturated rings. The van der Waals surface area contributed by atoms with Gasteiger partial charge in [0.1, 0.15) is 0 Å². The van der Waals surface area contributed by atoms with Crippen molar-refractivity contribution in [1.82, 2.24) is 5.43 Å². The molecule has 0 spiro atoms. The van der Waals surface area contributed by atoms with E-state index in [-0.39, 0.29) is 16.1 Å². The maximum atomic E-state index is 12.7. The molecule has 0 saturated heterocycles. The van der Waals surface area contributed by atoms with Crippen LogP contribution in [0.25, 0.3) is 0 Å². The molecule has 0 bridgehead atoms. The molecule has 0 saturated carbocycles. The van der Waals surface area contributed by atoms with Crippen LogP contribution in [0.2, 0.25) is 5.02 Å². The van der Waals surface area contributed by atoms with E-state index in [0.717, 1.165) is 0 Å². The molecule has 0 aliphatic carbocycles. The lowest BCUT2D eigenvalue weighted by molar-refractivity contribution is 0.0956. The molecule has 10 heteroatoms. The number of carbonyl (C=O) groups is 1. The highest BCUT2D eigenvalue weighted by molar-refractivity contribution is 7.92. The highest BCUT2D eigenvalue weighted by Gasteiger charge is 2.18. The lowest BCUT2D eigenvalue weighted by Crippen LogP contribution is -2.21. The predicted molar refractivity (Wildman–Crippen MR) is 123 cm³/mol. The summed E-state index contributed by atoms with van der Waals surface area (Å²) in [5, 5.41) is 4.35. The zero-order chi connectivity index (χ0) is 23.1. The zero-order valence-corrected chi connectivity index (χ0v) is 18.8. The van der Waals surface area contributed by atoms with E-state index in [2.05, 4.69) is 15.2 Å². The summed E-state index contributed by atoms with van der Waals surface area (Å²) in [5.74, 6) is 0.497. The molecule has 2 N–H and O–H groups in total. The topological polar surface area (TPSA) is 106 Å². The smallest absolute Gasteiger partial charge is 0.273 e. The van der Waals surface area contributed by atoms with Crippen LogP contribution in [0, 0.1) is 0 Å². The molecule has 8 nitrogen and oxygen atoms in total. The maximum absolute atomic E-state index is 12.7. The van der Waals surface area contributed by atoms with Gasteiger partial charge in [-0.1, -0.05) is 23.7 Å². The van der Waals surface area contributed by atoms with Gasteiger partial charge in [0.2, 0.25) is 0 Å². The molecule has 166 valence electrons. The van der Waals surface area contributed by atoms with Crippen molar-refractivity contribution in [3.8, 4) is 11.5 Å². The first-order valence-corrected chi connectivity index (χ1v) is 11.1. The highest BCUT2D eigenvalue weighted by Crippen LogP contribution is 2.27. The van der Waals surface area contributed by atoms with Gasteiger partial charge in [0.05, 0.1) is 36.6 Å². The first-order valence-electron chi connectivity index (χ1n) is 9.27. The van der Waals surface area contributed by atoms with E-state index in [0.29, 0.717) is 22.1 Å². The average molecular weight is 474 g/mol. The van der Waals surface area contributed by atoms with E-state index in [4.69, 9.17) is 21.1 Å². The van der Waals surface area contributed by atoms with Crippen LogP contribution in [-0.4, -0.2) is 34.8 Å². The molecule has 0 unspecified atom stereocenters. The van der Waals surface area contributed by atoms with E-state index < -0.39 is 15.9 Å². The quantitative estimate of drug-likeness (QED) is 0.381. The Morgan fingerprint density at radius 1 is 0.969 bits per heavy atom. The largest absolute Gasteiger partial charge is 0.493 e. The summed E-state index contributed by atoms with van der Waals surface area (Å²) in [6, 6.07) is 17.0. The fourth-order valence-corrected chi connectivity index (χ4v) is 3.95. The number of halogens is 1. The van der Waals surface area contributed by atoms with Crippen LogP contribution >= 0.6 is 11.6 Å². The minimum Gasteiger partial charge on any atom is -0.493 e. The minimum absolute atomic E-state index is 0.0172. The van der Waals surface area contributed by atoms with Crippen molar-refractivity contribution in [3.63, 3.8) is 0 Å². The second-order valence-electron chi connectivity index (χ2n) is 6.42. The molecule has 0 aliphatic rings. The van der Waals surface area contributed by atoms with Crippen LogP contribution in [0.15, 0.2) is 76.7 Å². The maximum Gasteiger partial charge on any atom is 0.273 e. The van der Waals surface area contributed by atoms with E-state index in [1.54, 1.807) is 30.3 Å². The molecular weight excluding hydrogens is 454 g/mol. The number of ether oxygens (including phenoxy) is 2. The average Bonchev–Trinajstić information content (AvgIpc) is 2.79. The molecule has 3 aromatic rings. The lowest BCUT2D eigenvalue weighted by Gasteiger charge is -2.12. The molecule has 32 heavy (non-hydrogen) atoms. The number of methoxy groups -OCH3 is 2. The Labute approximate surface area is 190 Å². The zero-order valence-electron chi connectivity index (χ0n) is 17.2. The SMILES string of the molecule is COc1ccc(C=NNC(=O)c2ccccc2NS(=O)(=O)c2ccc(Cl)cc2)cc1OC. The number of hydrogen-bond acceptors (Lipinski definition) is 6. The normalized spacial score (nSPS) is 11.2. The van der Waals surface area contributed by atoms with Crippen molar-refractivity contribution in [2.24, 2.45) is 5.10 Å². The molecule has 3 rings (SSSR count). The van der Waals surface area contributed by atoms with Crippen LogP contribution in [0.4, 0.5) is 5.69 Å². The Kier molecular flexibility index (Phi) is 7.34. The summed E-state index contributed by atoms with van der Waals surface area (Å²) in [5.41, 5.74) is 3.28. The molecule has 0 heterocycles. The number of hydrazone groups is 1. The van der Waals surface area contributed by atoms with Gasteiger partial charge in [0, 0.05) is 5.02 Å². The number of carbonyl (C=O) groups excluding carboxylic acids is 1. The third kappa shape index (κ3) is 5.57. The molecule has 0 atom stereocenters. The van der Waals surface area contributed by atoms with Crippen LogP contribution in [0.1, 0.15) is 15.9 Å². The Balaban J connectivity index is 1.76. The number of sulfonamides is 1. The first kappa shape index (κ1) is 23.1. The van der Waals surface area contributed by atoms with Crippen molar-refractivity contribution < 1.29 is 22.7 Å². The Bertz CT molecular complexity index is 1240. The number of nitrogens with zero attached hydrogens (tertiary/aromatic N) is 1. The van der Waals surface area contributed by atoms with E-state index in [1.165, 1.54) is 56.8 Å². The van der Waals surface area contributed by atoms with Gasteiger partial charge in [0.15, 0.2) is 11.5 Å². The van der Waals surface area contributed by atoms with Crippen molar-refractivity contribution in [3.05, 3.63) is 82.9 Å². The summed E-state index contributed by atoms with van der Waals surface area (Å²) in [6.07, 6.45) is 1.43. The van der Waals surface area contributed by atoms with Crippen LogP contribution in [0.5, 0.6) is 11.5 Å². The summed E-state index contributed by atoms with van der Waals surface area (Å²) >= 11 is 5.82. The standard InChI is InChI=1S/C22H20ClN3O5S/c1-30-20-12-7-15(13-21(20)31-2)14-24-25-22(27)18-5-3-4-6-19(18)26-32(28,29)17-10-8-16(23)9-11-17/h3-14,26H,1-2H3,(H,25,27). The van der Waals surface area contributed by atoms with Gasteiger partial charge < -0.3 is 9.47 Å². The summed E-state index contributed by atoms with van der Waals surface area (Å²) < 4.78 is 38.2. The van der Waals surface area contributed by atoms with Gasteiger partial charge in [-0.25, -0.2) is 13.8 Å². The Hall–Kier alpha value is -3.56. The second kappa shape index (κ2) is 10.2. The van der Waals surface area contributed by atoms with Gasteiger partial charge in [0.25, 0.3) is 15.9 Å². The summed E-state index contributed by atoms with van der Waals surface area (Å²) in [4.78, 5) is 12.6. The summed E-state index contributed by atoms with van der Waals surface area (Å²) in [6.45, 7) is 0. The lowest BCUT2D eigenvalue weighted by atomic mass is 10.2. The molecule has 3 aromatic carbocycles. The number of benzene rings is 3. The molecule has 0 aliphatic heterocycles. The van der Waals surface area contributed by atoms with Crippen LogP contribution < -0.4 is 19.6 Å². The number of rotatable bonds is 8. The van der Waals surface area contributed by atoms with E-state index >= 15 is 0 Å². The van der Waals surface area contributed by atoms with Crippen LogP contribution in [-0.2, 0) is 10.0 Å². The Morgan fingerprint density at radius 2 is 1.66 bits per heavy atom. The van der Waals surface area contributed by atoms with Gasteiger partial charge in [-0.05, 0) is 60.2 Å². The first-order chi connectivity index (χ1) is 15.3. The van der Waals surface area contributed by atoms with Gasteiger partial charge >= 0.3 is 0 Å². The van der Waals surface area contributed by atoms with Crippen molar-refractivity contribution in [2.75, 3.05) is 18.9 Å². The molecule has 0 radical (unpaired) electrons. The van der Waals surface area contributed by atoms with E-state index in [1.807, 2.05) is 0 Å². The highest BCUT2D eigenvalue weighted by atomic mass is 35.5. The van der Waals surface area contributed by atoms with Gasteiger partial charge in [-0.15, -0.1) is 0 Å². The second-order valence-corrected chi connectivity index (χ2v) is 8.54. The minimum atomic E-state index is -3.92. The monoisotopic (exact) mass is 473 g/mol. The van der Waals surface area contributed by atoms with Crippen LogP contribution in [0.3, 0.4) is 0 Å². The van der Waals surface area contributed by atoms with Crippen molar-refractivity contribution >= 4 is 39.4 Å². The molecule has 0 aromatic heterocycles. The number of hydrogen-bond donors (Lipinski definition) is 2. The van der Waals surface area contributed by atoms with Crippen molar-refractivity contribution in [1.29, 1.82) is 0 Å². The van der Waals surface area contributed by atoms with Gasteiger partial charge in [-0.2, -0.15) is 5.10 Å². The number of anilines is 1. The van der Waals surface area contributed by atoms with Crippen molar-refractivity contribution in [2.45, 2.75) is 4.90 Å². The van der Waals surface area contributed by atoms with Gasteiger partial charge in [-0.3, -0.25) is 9.52 Å². The third-order valence-corrected chi connectivity index (χ3v) is 5.96. The van der Waals surface area contributed by atoms with E-state index in [9.17, 15) is 13.2 Å². The fourth-order valence-electron chi connectivity index (χ4n) is 2.75. The number of nitrogens with one attached hydrogen (secondary N) is 2. The number of para-hydroxylation sites is 1. The molecule has 1 amide bonds. The third-order valence-electron chi connectivity index (χ3n) is 4.33. The summed E-state index contributed by atoms with van der Waals surface area (Å²) in [7, 11) is -0.868.